The Balaban J connectivity index is 1.50. The third-order valence-electron chi connectivity index (χ3n) is 5.85. The lowest BCUT2D eigenvalue weighted by molar-refractivity contribution is 0.370. The van der Waals surface area contributed by atoms with Crippen molar-refractivity contribution in [3.05, 3.63) is 78.9 Å². The standard InChI is InChI=1S/C26H25FN4O2/c1-32-22-6-8-23(9-7-22)33-25-16-19(10-15-29-25)26-30-24(18-2-4-20(27)5-3-18)17-31(26)21-11-13-28-14-12-21/h2-10,15-17,21,28H,11-14H2,1H3. The summed E-state index contributed by atoms with van der Waals surface area (Å²) in [6, 6.07) is 18.0. The van der Waals surface area contributed by atoms with Gasteiger partial charge in [0.2, 0.25) is 5.88 Å². The lowest BCUT2D eigenvalue weighted by Gasteiger charge is -2.25. The molecule has 2 aromatic heterocycles. The van der Waals surface area contributed by atoms with Gasteiger partial charge in [0.25, 0.3) is 0 Å². The molecular formula is C26H25FN4O2. The van der Waals surface area contributed by atoms with Gasteiger partial charge in [0.05, 0.1) is 12.8 Å². The highest BCUT2D eigenvalue weighted by Crippen LogP contribution is 2.33. The molecule has 5 rings (SSSR count). The summed E-state index contributed by atoms with van der Waals surface area (Å²) in [6.07, 6.45) is 5.84. The number of aromatic nitrogens is 3. The molecule has 1 saturated heterocycles. The smallest absolute Gasteiger partial charge is 0.219 e. The fourth-order valence-electron chi connectivity index (χ4n) is 4.10. The third-order valence-corrected chi connectivity index (χ3v) is 5.85. The van der Waals surface area contributed by atoms with Crippen LogP contribution in [-0.4, -0.2) is 34.7 Å². The first kappa shape index (κ1) is 21.2. The first-order chi connectivity index (χ1) is 16.2. The highest BCUT2D eigenvalue weighted by molar-refractivity contribution is 5.65. The van der Waals surface area contributed by atoms with E-state index in [0.717, 1.165) is 54.3 Å². The van der Waals surface area contributed by atoms with E-state index >= 15 is 0 Å². The van der Waals surface area contributed by atoms with Gasteiger partial charge in [-0.15, -0.1) is 0 Å². The number of rotatable bonds is 6. The molecule has 0 saturated carbocycles. The van der Waals surface area contributed by atoms with Crippen molar-refractivity contribution >= 4 is 0 Å². The van der Waals surface area contributed by atoms with Gasteiger partial charge >= 0.3 is 0 Å². The van der Waals surface area contributed by atoms with E-state index in [1.807, 2.05) is 36.4 Å². The number of pyridine rings is 1. The second-order valence-electron chi connectivity index (χ2n) is 8.01. The topological polar surface area (TPSA) is 61.2 Å². The predicted octanol–water partition coefficient (Wildman–Crippen LogP) is 5.48. The van der Waals surface area contributed by atoms with Crippen LogP contribution in [0.5, 0.6) is 17.4 Å². The fraction of sp³-hybridized carbons (Fsp3) is 0.231. The molecule has 0 unspecified atom stereocenters. The number of halogens is 1. The molecule has 1 aliphatic rings. The molecule has 3 heterocycles. The van der Waals surface area contributed by atoms with Crippen LogP contribution in [0.2, 0.25) is 0 Å². The lowest BCUT2D eigenvalue weighted by Crippen LogP contribution is -2.29. The van der Waals surface area contributed by atoms with Crippen molar-refractivity contribution in [1.82, 2.24) is 19.9 Å². The maximum Gasteiger partial charge on any atom is 0.219 e. The fourth-order valence-corrected chi connectivity index (χ4v) is 4.10. The number of piperidine rings is 1. The molecule has 4 aromatic rings. The molecular weight excluding hydrogens is 419 g/mol. The van der Waals surface area contributed by atoms with Crippen molar-refractivity contribution < 1.29 is 13.9 Å². The first-order valence-electron chi connectivity index (χ1n) is 11.0. The van der Waals surface area contributed by atoms with E-state index in [1.54, 1.807) is 25.4 Å². The first-order valence-corrected chi connectivity index (χ1v) is 11.0. The van der Waals surface area contributed by atoms with Crippen molar-refractivity contribution in [2.24, 2.45) is 0 Å². The predicted molar refractivity (Wildman–Crippen MR) is 125 cm³/mol. The van der Waals surface area contributed by atoms with Crippen LogP contribution in [-0.2, 0) is 0 Å². The van der Waals surface area contributed by atoms with Gasteiger partial charge in [0.15, 0.2) is 0 Å². The Morgan fingerprint density at radius 3 is 2.39 bits per heavy atom. The lowest BCUT2D eigenvalue weighted by atomic mass is 10.1. The van der Waals surface area contributed by atoms with Crippen LogP contribution in [0.4, 0.5) is 4.39 Å². The van der Waals surface area contributed by atoms with Crippen LogP contribution >= 0.6 is 0 Å². The molecule has 0 atom stereocenters. The molecule has 2 aromatic carbocycles. The second kappa shape index (κ2) is 9.42. The summed E-state index contributed by atoms with van der Waals surface area (Å²) in [4.78, 5) is 9.32. The van der Waals surface area contributed by atoms with Crippen LogP contribution in [0.25, 0.3) is 22.6 Å². The van der Waals surface area contributed by atoms with Gasteiger partial charge in [0.1, 0.15) is 23.1 Å². The largest absolute Gasteiger partial charge is 0.497 e. The molecule has 0 bridgehead atoms. The van der Waals surface area contributed by atoms with Crippen LogP contribution in [0, 0.1) is 5.82 Å². The van der Waals surface area contributed by atoms with Gasteiger partial charge in [0, 0.05) is 35.6 Å². The van der Waals surface area contributed by atoms with Gasteiger partial charge in [-0.05, 0) is 80.5 Å². The highest BCUT2D eigenvalue weighted by Gasteiger charge is 2.21. The number of nitrogens with one attached hydrogen (secondary N) is 1. The maximum atomic E-state index is 13.4. The molecule has 6 nitrogen and oxygen atoms in total. The molecule has 0 amide bonds. The summed E-state index contributed by atoms with van der Waals surface area (Å²) in [5.74, 6) is 2.52. The Labute approximate surface area is 192 Å². The zero-order chi connectivity index (χ0) is 22.6. The van der Waals surface area contributed by atoms with E-state index < -0.39 is 0 Å². The van der Waals surface area contributed by atoms with E-state index in [1.165, 1.54) is 12.1 Å². The van der Waals surface area contributed by atoms with Crippen LogP contribution in [0.15, 0.2) is 73.1 Å². The quantitative estimate of drug-likeness (QED) is 0.427. The van der Waals surface area contributed by atoms with Crippen LogP contribution < -0.4 is 14.8 Å². The minimum atomic E-state index is -0.258. The molecule has 33 heavy (non-hydrogen) atoms. The Morgan fingerprint density at radius 1 is 0.939 bits per heavy atom. The minimum absolute atomic E-state index is 0.258. The van der Waals surface area contributed by atoms with Gasteiger partial charge in [-0.25, -0.2) is 14.4 Å². The Kier molecular flexibility index (Phi) is 6.04. The molecule has 1 fully saturated rings. The SMILES string of the molecule is COc1ccc(Oc2cc(-c3nc(-c4ccc(F)cc4)cn3C3CCNCC3)ccn2)cc1. The number of benzene rings is 2. The molecule has 1 aliphatic heterocycles. The molecule has 0 spiro atoms. The number of methoxy groups -OCH3 is 1. The molecule has 1 N–H and O–H groups in total. The van der Waals surface area contributed by atoms with E-state index in [4.69, 9.17) is 14.5 Å². The van der Waals surface area contributed by atoms with Gasteiger partial charge in [-0.1, -0.05) is 0 Å². The maximum absolute atomic E-state index is 13.4. The van der Waals surface area contributed by atoms with E-state index in [-0.39, 0.29) is 5.82 Å². The summed E-state index contributed by atoms with van der Waals surface area (Å²) in [5.41, 5.74) is 2.62. The van der Waals surface area contributed by atoms with Crippen molar-refractivity contribution in [3.8, 4) is 40.0 Å². The van der Waals surface area contributed by atoms with E-state index in [2.05, 4.69) is 21.1 Å². The highest BCUT2D eigenvalue weighted by atomic mass is 19.1. The minimum Gasteiger partial charge on any atom is -0.497 e. The number of hydrogen-bond donors (Lipinski definition) is 1. The molecule has 0 radical (unpaired) electrons. The molecule has 7 heteroatoms. The Morgan fingerprint density at radius 2 is 1.67 bits per heavy atom. The van der Waals surface area contributed by atoms with E-state index in [0.29, 0.717) is 17.7 Å². The van der Waals surface area contributed by atoms with Crippen LogP contribution in [0.3, 0.4) is 0 Å². The monoisotopic (exact) mass is 444 g/mol. The Bertz CT molecular complexity index is 1220. The van der Waals surface area contributed by atoms with Crippen molar-refractivity contribution in [2.45, 2.75) is 18.9 Å². The Hall–Kier alpha value is -3.71. The second-order valence-corrected chi connectivity index (χ2v) is 8.01. The summed E-state index contributed by atoms with van der Waals surface area (Å²) >= 11 is 0. The summed E-state index contributed by atoms with van der Waals surface area (Å²) in [5, 5.41) is 3.42. The van der Waals surface area contributed by atoms with E-state index in [9.17, 15) is 4.39 Å². The zero-order valence-electron chi connectivity index (χ0n) is 18.4. The summed E-state index contributed by atoms with van der Waals surface area (Å²) < 4.78 is 26.9. The summed E-state index contributed by atoms with van der Waals surface area (Å²) in [6.45, 7) is 1.94. The van der Waals surface area contributed by atoms with Crippen molar-refractivity contribution in [3.63, 3.8) is 0 Å². The van der Waals surface area contributed by atoms with Crippen molar-refractivity contribution in [1.29, 1.82) is 0 Å². The number of ether oxygens (including phenoxy) is 2. The average molecular weight is 445 g/mol. The van der Waals surface area contributed by atoms with Gasteiger partial charge in [-0.2, -0.15) is 0 Å². The number of imidazole rings is 1. The van der Waals surface area contributed by atoms with Crippen molar-refractivity contribution in [2.75, 3.05) is 20.2 Å². The molecule has 168 valence electrons. The average Bonchev–Trinajstić information content (AvgIpc) is 3.31. The zero-order valence-corrected chi connectivity index (χ0v) is 18.4. The van der Waals surface area contributed by atoms with Gasteiger partial charge < -0.3 is 19.4 Å². The normalized spacial score (nSPS) is 14.2. The van der Waals surface area contributed by atoms with Crippen LogP contribution in [0.1, 0.15) is 18.9 Å². The summed E-state index contributed by atoms with van der Waals surface area (Å²) in [7, 11) is 1.63. The third kappa shape index (κ3) is 4.73. The number of nitrogens with zero attached hydrogens (tertiary/aromatic N) is 3. The van der Waals surface area contributed by atoms with Gasteiger partial charge in [-0.3, -0.25) is 0 Å². The molecule has 0 aliphatic carbocycles. The number of hydrogen-bond acceptors (Lipinski definition) is 5.